The molecule has 2 atom stereocenters. The molecule has 1 aliphatic carbocycles. The molecule has 2 aromatic carbocycles. The van der Waals surface area contributed by atoms with Gasteiger partial charge in [0.05, 0.1) is 20.1 Å². The van der Waals surface area contributed by atoms with E-state index < -0.39 is 11.5 Å². The third kappa shape index (κ3) is 8.11. The van der Waals surface area contributed by atoms with E-state index in [2.05, 4.69) is 48.0 Å². The van der Waals surface area contributed by atoms with Gasteiger partial charge in [-0.2, -0.15) is 4.98 Å². The van der Waals surface area contributed by atoms with E-state index in [-0.39, 0.29) is 24.0 Å². The summed E-state index contributed by atoms with van der Waals surface area (Å²) in [6, 6.07) is 18.1. The van der Waals surface area contributed by atoms with Crippen LogP contribution in [0.3, 0.4) is 0 Å². The van der Waals surface area contributed by atoms with Gasteiger partial charge in [0.2, 0.25) is 17.7 Å². The van der Waals surface area contributed by atoms with Crippen LogP contribution >= 0.6 is 0 Å². The van der Waals surface area contributed by atoms with Gasteiger partial charge in [0.15, 0.2) is 0 Å². The Bertz CT molecular complexity index is 1520. The van der Waals surface area contributed by atoms with E-state index in [1.54, 1.807) is 19.1 Å². The van der Waals surface area contributed by atoms with Crippen LogP contribution in [0.1, 0.15) is 73.8 Å². The Morgan fingerprint density at radius 2 is 1.65 bits per heavy atom. The molecule has 46 heavy (non-hydrogen) atoms. The van der Waals surface area contributed by atoms with Crippen LogP contribution in [0.15, 0.2) is 54.6 Å². The number of aromatic nitrogens is 1. The van der Waals surface area contributed by atoms with Crippen LogP contribution in [0.5, 0.6) is 17.5 Å². The zero-order valence-corrected chi connectivity index (χ0v) is 28.2. The quantitative estimate of drug-likeness (QED) is 0.243. The number of likely N-dealkylation sites (tertiary alicyclic amines) is 1. The van der Waals surface area contributed by atoms with Crippen LogP contribution in [-0.2, 0) is 22.7 Å². The lowest BCUT2D eigenvalue weighted by atomic mass is 9.79. The van der Waals surface area contributed by atoms with Crippen molar-refractivity contribution in [3.8, 4) is 17.5 Å². The first-order valence-electron chi connectivity index (χ1n) is 16.1. The first kappa shape index (κ1) is 33.1. The number of nitrogens with zero attached hydrogens (tertiary/aromatic N) is 3. The second-order valence-corrected chi connectivity index (χ2v) is 13.4. The summed E-state index contributed by atoms with van der Waals surface area (Å²) in [5.41, 5.74) is 4.85. The Balaban J connectivity index is 1.41. The van der Waals surface area contributed by atoms with E-state index in [0.717, 1.165) is 29.5 Å². The van der Waals surface area contributed by atoms with Crippen molar-refractivity contribution < 1.29 is 28.5 Å². The molecular formula is C37H47N3O6. The second kappa shape index (κ2) is 14.0. The highest BCUT2D eigenvalue weighted by Crippen LogP contribution is 2.39. The summed E-state index contributed by atoms with van der Waals surface area (Å²) >= 11 is 0. The number of amides is 2. The summed E-state index contributed by atoms with van der Waals surface area (Å²) < 4.78 is 22.6. The minimum Gasteiger partial charge on any atom is -0.489 e. The molecule has 0 N–H and O–H groups in total. The molecule has 0 radical (unpaired) electrons. The molecule has 3 aromatic rings. The number of hydrogen-bond acceptors (Lipinski definition) is 7. The lowest BCUT2D eigenvalue weighted by Gasteiger charge is -2.40. The summed E-state index contributed by atoms with van der Waals surface area (Å²) in [5, 5.41) is 0. The zero-order valence-electron chi connectivity index (χ0n) is 28.2. The van der Waals surface area contributed by atoms with Crippen LogP contribution in [-0.4, -0.2) is 65.7 Å². The number of piperidine rings is 1. The van der Waals surface area contributed by atoms with Crippen LogP contribution in [0.2, 0.25) is 0 Å². The Morgan fingerprint density at radius 3 is 2.30 bits per heavy atom. The Hall–Kier alpha value is -4.27. The molecule has 0 bridgehead atoms. The molecule has 9 nitrogen and oxygen atoms in total. The van der Waals surface area contributed by atoms with E-state index in [4.69, 9.17) is 18.9 Å². The van der Waals surface area contributed by atoms with Crippen LogP contribution in [0, 0.1) is 19.8 Å². The van der Waals surface area contributed by atoms with Gasteiger partial charge >= 0.3 is 6.09 Å². The average molecular weight is 630 g/mol. The largest absolute Gasteiger partial charge is 0.489 e. The monoisotopic (exact) mass is 629 g/mol. The van der Waals surface area contributed by atoms with Gasteiger partial charge in [-0.3, -0.25) is 4.79 Å². The average Bonchev–Trinajstić information content (AvgIpc) is 3.88. The van der Waals surface area contributed by atoms with Gasteiger partial charge < -0.3 is 28.7 Å². The number of pyridine rings is 1. The van der Waals surface area contributed by atoms with Crippen LogP contribution in [0.4, 0.5) is 4.79 Å². The van der Waals surface area contributed by atoms with Gasteiger partial charge in [0.25, 0.3) is 0 Å². The first-order chi connectivity index (χ1) is 22.0. The summed E-state index contributed by atoms with van der Waals surface area (Å²) in [4.78, 5) is 35.9. The number of aryl methyl sites for hydroxylation is 1. The predicted octanol–water partition coefficient (Wildman–Crippen LogP) is 6.83. The number of benzene rings is 2. The van der Waals surface area contributed by atoms with Gasteiger partial charge in [-0.15, -0.1) is 0 Å². The number of methoxy groups -OCH3 is 2. The molecular weight excluding hydrogens is 582 g/mol. The van der Waals surface area contributed by atoms with Crippen molar-refractivity contribution in [2.24, 2.45) is 5.92 Å². The van der Waals surface area contributed by atoms with Crippen molar-refractivity contribution >= 4 is 12.0 Å². The van der Waals surface area contributed by atoms with Crippen molar-refractivity contribution in [2.75, 3.05) is 27.3 Å². The summed E-state index contributed by atoms with van der Waals surface area (Å²) in [7, 11) is 3.13. The number of carbonyl (C=O) groups is 2. The van der Waals surface area contributed by atoms with Crippen LogP contribution in [0.25, 0.3) is 0 Å². The summed E-state index contributed by atoms with van der Waals surface area (Å²) in [5.74, 6) is 1.18. The van der Waals surface area contributed by atoms with E-state index in [1.165, 1.54) is 11.1 Å². The molecule has 1 aromatic heterocycles. The number of ether oxygens (including phenoxy) is 4. The van der Waals surface area contributed by atoms with Gasteiger partial charge in [-0.25, -0.2) is 4.79 Å². The van der Waals surface area contributed by atoms with Gasteiger partial charge in [0, 0.05) is 37.8 Å². The molecule has 5 rings (SSSR count). The molecule has 2 fully saturated rings. The van der Waals surface area contributed by atoms with E-state index >= 15 is 0 Å². The fourth-order valence-corrected chi connectivity index (χ4v) is 6.07. The highest BCUT2D eigenvalue weighted by atomic mass is 16.6. The number of hydrogen-bond donors (Lipinski definition) is 0. The van der Waals surface area contributed by atoms with Crippen molar-refractivity contribution in [1.29, 1.82) is 0 Å². The van der Waals surface area contributed by atoms with Crippen LogP contribution < -0.4 is 14.2 Å². The Labute approximate surface area is 272 Å². The maximum absolute atomic E-state index is 14.6. The molecule has 9 heteroatoms. The molecule has 2 heterocycles. The minimum absolute atomic E-state index is 0.0870. The van der Waals surface area contributed by atoms with Gasteiger partial charge in [-0.1, -0.05) is 30.3 Å². The summed E-state index contributed by atoms with van der Waals surface area (Å²) in [6.07, 6.45) is 2.26. The third-order valence-electron chi connectivity index (χ3n) is 8.86. The van der Waals surface area contributed by atoms with Crippen molar-refractivity contribution in [3.63, 3.8) is 0 Å². The molecule has 0 unspecified atom stereocenters. The molecule has 1 saturated heterocycles. The number of rotatable bonds is 10. The maximum Gasteiger partial charge on any atom is 0.410 e. The molecule has 0 spiro atoms. The highest BCUT2D eigenvalue weighted by Gasteiger charge is 2.43. The smallest absolute Gasteiger partial charge is 0.410 e. The standard InChI is InChI=1S/C37H47N3O6/c1-24-10-8-12-28(25(24)2)21-40(29-14-15-29)35(41)32-22-39(36(42)46-37(3,4)5)17-16-31(32)27-11-9-13-30(20-27)45-23-26-18-33(43-6)38-34(19-26)44-7/h8-13,18-20,29,31-32H,14-17,21-23H2,1-7H3/t31-,32+/m1/s1. The van der Waals surface area contributed by atoms with Gasteiger partial charge in [-0.05, 0) is 99.7 Å². The second-order valence-electron chi connectivity index (χ2n) is 13.4. The van der Waals surface area contributed by atoms with E-state index in [0.29, 0.717) is 50.2 Å². The van der Waals surface area contributed by atoms with Crippen molar-refractivity contribution in [1.82, 2.24) is 14.8 Å². The molecule has 2 amide bonds. The minimum atomic E-state index is -0.620. The highest BCUT2D eigenvalue weighted by molar-refractivity contribution is 5.82. The molecule has 1 saturated carbocycles. The predicted molar refractivity (Wildman–Crippen MR) is 176 cm³/mol. The lowest BCUT2D eigenvalue weighted by molar-refractivity contribution is -0.139. The fraction of sp³-hybridized carbons (Fsp3) is 0.486. The van der Waals surface area contributed by atoms with Crippen molar-refractivity contribution in [3.05, 3.63) is 82.4 Å². The lowest BCUT2D eigenvalue weighted by Crippen LogP contribution is -2.51. The Kier molecular flexibility index (Phi) is 10.1. The zero-order chi connectivity index (χ0) is 33.0. The summed E-state index contributed by atoms with van der Waals surface area (Å²) in [6.45, 7) is 11.5. The topological polar surface area (TPSA) is 90.4 Å². The molecule has 1 aliphatic heterocycles. The fourth-order valence-electron chi connectivity index (χ4n) is 6.07. The SMILES string of the molecule is COc1cc(COc2cccc([C@H]3CCN(C(=O)OC(C)(C)C)C[C@@H]3C(=O)N(Cc3cccc(C)c3C)C3CC3)c2)cc(OC)n1. The Morgan fingerprint density at radius 1 is 0.957 bits per heavy atom. The number of carbonyl (C=O) groups excluding carboxylic acids is 2. The van der Waals surface area contributed by atoms with Gasteiger partial charge in [0.1, 0.15) is 18.0 Å². The van der Waals surface area contributed by atoms with Crippen molar-refractivity contribution in [2.45, 2.75) is 84.6 Å². The maximum atomic E-state index is 14.6. The third-order valence-corrected chi connectivity index (χ3v) is 8.86. The van der Waals surface area contributed by atoms with E-state index in [9.17, 15) is 9.59 Å². The molecule has 2 aliphatic rings. The molecule has 246 valence electrons. The first-order valence-corrected chi connectivity index (χ1v) is 16.1. The van der Waals surface area contributed by atoms with E-state index in [1.807, 2.05) is 51.1 Å². The normalized spacial score (nSPS) is 18.1.